The Morgan fingerprint density at radius 1 is 1.44 bits per heavy atom. The van der Waals surface area contributed by atoms with Crippen LogP contribution in [0.15, 0.2) is 6.33 Å². The predicted molar refractivity (Wildman–Crippen MR) is 59.9 cm³/mol. The lowest BCUT2D eigenvalue weighted by Crippen LogP contribution is -2.47. The van der Waals surface area contributed by atoms with Crippen LogP contribution in [0.4, 0.5) is 0 Å². The lowest BCUT2D eigenvalue weighted by molar-refractivity contribution is 0.484. The Morgan fingerprint density at radius 2 is 2.12 bits per heavy atom. The van der Waals surface area contributed by atoms with E-state index < -0.39 is 15.7 Å². The van der Waals surface area contributed by atoms with Gasteiger partial charge in [0, 0.05) is 18.5 Å². The van der Waals surface area contributed by atoms with E-state index in [1.807, 2.05) is 0 Å². The fourth-order valence-electron chi connectivity index (χ4n) is 1.09. The standard InChI is InChI=1S/C8H17N5O2S/c1-8(2,3)13-16(14,15)11-5-4-7-9-6-10-12-7/h6,11,13H,4-5H2,1-3H3,(H,9,10,12). The van der Waals surface area contributed by atoms with Crippen molar-refractivity contribution in [2.24, 2.45) is 0 Å². The van der Waals surface area contributed by atoms with Crippen LogP contribution in [-0.2, 0) is 16.6 Å². The van der Waals surface area contributed by atoms with Gasteiger partial charge in [-0.1, -0.05) is 0 Å². The van der Waals surface area contributed by atoms with E-state index in [9.17, 15) is 8.42 Å². The first kappa shape index (κ1) is 13.1. The fraction of sp³-hybridized carbons (Fsp3) is 0.750. The van der Waals surface area contributed by atoms with Crippen molar-refractivity contribution < 1.29 is 8.42 Å². The highest BCUT2D eigenvalue weighted by Gasteiger charge is 2.18. The molecule has 0 aliphatic carbocycles. The van der Waals surface area contributed by atoms with E-state index in [0.29, 0.717) is 12.2 Å². The number of aromatic amines is 1. The van der Waals surface area contributed by atoms with Crippen molar-refractivity contribution in [3.63, 3.8) is 0 Å². The maximum atomic E-state index is 11.5. The highest BCUT2D eigenvalue weighted by molar-refractivity contribution is 7.87. The second-order valence-corrected chi connectivity index (χ2v) is 5.93. The molecule has 0 saturated carbocycles. The molecule has 0 amide bonds. The molecule has 0 aromatic carbocycles. The summed E-state index contributed by atoms with van der Waals surface area (Å²) in [4.78, 5) is 3.89. The molecule has 0 unspecified atom stereocenters. The van der Waals surface area contributed by atoms with Gasteiger partial charge in [0.15, 0.2) is 0 Å². The second-order valence-electron chi connectivity index (χ2n) is 4.43. The normalized spacial score (nSPS) is 12.9. The molecule has 1 heterocycles. The van der Waals surface area contributed by atoms with Crippen LogP contribution in [0.3, 0.4) is 0 Å². The van der Waals surface area contributed by atoms with Crippen LogP contribution in [0.1, 0.15) is 26.6 Å². The SMILES string of the molecule is CC(C)(C)NS(=O)(=O)NCCc1ncn[nH]1. The maximum Gasteiger partial charge on any atom is 0.277 e. The van der Waals surface area contributed by atoms with E-state index >= 15 is 0 Å². The summed E-state index contributed by atoms with van der Waals surface area (Å²) in [5.74, 6) is 0.651. The van der Waals surface area contributed by atoms with Crippen molar-refractivity contribution in [1.82, 2.24) is 24.6 Å². The number of H-pyrrole nitrogens is 1. The minimum Gasteiger partial charge on any atom is -0.263 e. The Labute approximate surface area is 95.2 Å². The molecule has 0 saturated heterocycles. The van der Waals surface area contributed by atoms with Gasteiger partial charge in [0.2, 0.25) is 0 Å². The average Bonchev–Trinajstić information content (AvgIpc) is 2.51. The number of nitrogens with zero attached hydrogens (tertiary/aromatic N) is 2. The molecular formula is C8H17N5O2S. The zero-order valence-corrected chi connectivity index (χ0v) is 10.4. The Kier molecular flexibility index (Phi) is 4.00. The van der Waals surface area contributed by atoms with Crippen LogP contribution < -0.4 is 9.44 Å². The van der Waals surface area contributed by atoms with E-state index in [1.54, 1.807) is 20.8 Å². The number of nitrogens with one attached hydrogen (secondary N) is 3. The summed E-state index contributed by atoms with van der Waals surface area (Å²) in [7, 11) is -3.45. The average molecular weight is 247 g/mol. The van der Waals surface area contributed by atoms with Crippen molar-refractivity contribution in [2.45, 2.75) is 32.7 Å². The number of hydrogen-bond acceptors (Lipinski definition) is 4. The minimum absolute atomic E-state index is 0.278. The summed E-state index contributed by atoms with van der Waals surface area (Å²) in [6.07, 6.45) is 1.86. The molecule has 0 radical (unpaired) electrons. The van der Waals surface area contributed by atoms with E-state index in [1.165, 1.54) is 6.33 Å². The summed E-state index contributed by atoms with van der Waals surface area (Å²) in [5, 5.41) is 6.32. The molecule has 92 valence electrons. The molecule has 8 heteroatoms. The summed E-state index contributed by atoms with van der Waals surface area (Å²) in [5.41, 5.74) is -0.488. The van der Waals surface area contributed by atoms with Gasteiger partial charge in [0.1, 0.15) is 12.2 Å². The topological polar surface area (TPSA) is 99.8 Å². The Bertz CT molecular complexity index is 406. The van der Waals surface area contributed by atoms with E-state index in [2.05, 4.69) is 24.6 Å². The highest BCUT2D eigenvalue weighted by atomic mass is 32.2. The molecule has 0 aliphatic rings. The molecule has 1 aromatic heterocycles. The maximum absolute atomic E-state index is 11.5. The quantitative estimate of drug-likeness (QED) is 0.657. The molecule has 0 aliphatic heterocycles. The number of aromatic nitrogens is 3. The first-order chi connectivity index (χ1) is 7.29. The van der Waals surface area contributed by atoms with Crippen LogP contribution in [0, 0.1) is 0 Å². The van der Waals surface area contributed by atoms with Gasteiger partial charge in [0.05, 0.1) is 0 Å². The second kappa shape index (κ2) is 4.89. The summed E-state index contributed by atoms with van der Waals surface area (Å²) in [6, 6.07) is 0. The molecule has 0 atom stereocenters. The summed E-state index contributed by atoms with van der Waals surface area (Å²) >= 11 is 0. The van der Waals surface area contributed by atoms with Crippen molar-refractivity contribution in [3.05, 3.63) is 12.2 Å². The van der Waals surface area contributed by atoms with Crippen molar-refractivity contribution in [2.75, 3.05) is 6.54 Å². The van der Waals surface area contributed by atoms with E-state index in [4.69, 9.17) is 0 Å². The smallest absolute Gasteiger partial charge is 0.263 e. The van der Waals surface area contributed by atoms with Gasteiger partial charge < -0.3 is 0 Å². The zero-order chi connectivity index (χ0) is 12.2. The predicted octanol–water partition coefficient (Wildman–Crippen LogP) is -0.430. The van der Waals surface area contributed by atoms with Gasteiger partial charge in [-0.05, 0) is 20.8 Å². The molecule has 0 bridgehead atoms. The third kappa shape index (κ3) is 5.19. The first-order valence-electron chi connectivity index (χ1n) is 4.91. The van der Waals surface area contributed by atoms with Gasteiger partial charge in [-0.3, -0.25) is 5.10 Å². The van der Waals surface area contributed by atoms with Crippen LogP contribution in [0.25, 0.3) is 0 Å². The first-order valence-corrected chi connectivity index (χ1v) is 6.40. The van der Waals surface area contributed by atoms with Gasteiger partial charge >= 0.3 is 0 Å². The van der Waals surface area contributed by atoms with Crippen LogP contribution >= 0.6 is 0 Å². The highest BCUT2D eigenvalue weighted by Crippen LogP contribution is 2.00. The third-order valence-electron chi connectivity index (χ3n) is 1.56. The lowest BCUT2D eigenvalue weighted by Gasteiger charge is -2.20. The molecule has 3 N–H and O–H groups in total. The van der Waals surface area contributed by atoms with Crippen molar-refractivity contribution >= 4 is 10.2 Å². The Balaban J connectivity index is 2.37. The van der Waals surface area contributed by atoms with E-state index in [-0.39, 0.29) is 6.54 Å². The van der Waals surface area contributed by atoms with Gasteiger partial charge in [0.25, 0.3) is 10.2 Å². The van der Waals surface area contributed by atoms with Crippen LogP contribution in [0.2, 0.25) is 0 Å². The molecule has 16 heavy (non-hydrogen) atoms. The monoisotopic (exact) mass is 247 g/mol. The number of rotatable bonds is 5. The number of hydrogen-bond donors (Lipinski definition) is 3. The van der Waals surface area contributed by atoms with E-state index in [0.717, 1.165) is 0 Å². The molecule has 7 nitrogen and oxygen atoms in total. The van der Waals surface area contributed by atoms with Crippen LogP contribution in [-0.4, -0.2) is 35.7 Å². The van der Waals surface area contributed by atoms with Gasteiger partial charge in [-0.2, -0.15) is 18.2 Å². The van der Waals surface area contributed by atoms with Gasteiger partial charge in [-0.25, -0.2) is 9.71 Å². The largest absolute Gasteiger partial charge is 0.277 e. The Hall–Kier alpha value is -0.990. The van der Waals surface area contributed by atoms with Crippen LogP contribution in [0.5, 0.6) is 0 Å². The summed E-state index contributed by atoms with van der Waals surface area (Å²) < 4.78 is 27.9. The zero-order valence-electron chi connectivity index (χ0n) is 9.61. The fourth-order valence-corrected chi connectivity index (χ4v) is 2.34. The molecule has 1 rings (SSSR count). The van der Waals surface area contributed by atoms with Crippen molar-refractivity contribution in [3.8, 4) is 0 Å². The lowest BCUT2D eigenvalue weighted by atomic mass is 10.1. The molecule has 0 spiro atoms. The van der Waals surface area contributed by atoms with Crippen molar-refractivity contribution in [1.29, 1.82) is 0 Å². The minimum atomic E-state index is -3.45. The third-order valence-corrected chi connectivity index (χ3v) is 3.02. The molecular weight excluding hydrogens is 230 g/mol. The molecule has 0 fully saturated rings. The Morgan fingerprint density at radius 3 is 2.62 bits per heavy atom. The van der Waals surface area contributed by atoms with Gasteiger partial charge in [-0.15, -0.1) is 0 Å². The molecule has 1 aromatic rings. The summed E-state index contributed by atoms with van der Waals surface area (Å²) in [6.45, 7) is 5.62.